The molecule has 86 valence electrons. The lowest BCUT2D eigenvalue weighted by atomic mass is 9.76. The van der Waals surface area contributed by atoms with Crippen molar-refractivity contribution in [1.82, 2.24) is 5.32 Å². The molecule has 1 heteroatoms. The van der Waals surface area contributed by atoms with Crippen molar-refractivity contribution in [2.45, 2.75) is 54.4 Å². The van der Waals surface area contributed by atoms with E-state index in [0.717, 1.165) is 18.4 Å². The third-order valence-electron chi connectivity index (χ3n) is 2.80. The standard InChI is InChI=1S/C13H29N/c1-7-8-14-10-12(9-11(2)3)13(4,5)6/h11-12,14H,7-10H2,1-6H3. The quantitative estimate of drug-likeness (QED) is 0.643. The van der Waals surface area contributed by atoms with Crippen LogP contribution >= 0.6 is 0 Å². The van der Waals surface area contributed by atoms with E-state index in [1.165, 1.54) is 19.4 Å². The molecule has 1 unspecified atom stereocenters. The summed E-state index contributed by atoms with van der Waals surface area (Å²) in [5.41, 5.74) is 0.436. The van der Waals surface area contributed by atoms with Crippen molar-refractivity contribution in [3.8, 4) is 0 Å². The minimum absolute atomic E-state index is 0.436. The number of rotatable bonds is 6. The van der Waals surface area contributed by atoms with Crippen LogP contribution in [0, 0.1) is 17.3 Å². The van der Waals surface area contributed by atoms with Crippen LogP contribution in [-0.2, 0) is 0 Å². The van der Waals surface area contributed by atoms with Gasteiger partial charge in [-0.25, -0.2) is 0 Å². The highest BCUT2D eigenvalue weighted by Gasteiger charge is 2.24. The molecular formula is C13H29N. The fourth-order valence-corrected chi connectivity index (χ4v) is 1.77. The van der Waals surface area contributed by atoms with Crippen LogP contribution in [0.1, 0.15) is 54.4 Å². The fourth-order valence-electron chi connectivity index (χ4n) is 1.77. The second kappa shape index (κ2) is 6.44. The van der Waals surface area contributed by atoms with E-state index in [1.54, 1.807) is 0 Å². The molecule has 0 aromatic rings. The summed E-state index contributed by atoms with van der Waals surface area (Å²) in [5, 5.41) is 3.55. The van der Waals surface area contributed by atoms with Gasteiger partial charge < -0.3 is 5.32 Å². The predicted molar refractivity (Wildman–Crippen MR) is 65.6 cm³/mol. The SMILES string of the molecule is CCCNCC(CC(C)C)C(C)(C)C. The van der Waals surface area contributed by atoms with E-state index < -0.39 is 0 Å². The highest BCUT2D eigenvalue weighted by molar-refractivity contribution is 4.76. The lowest BCUT2D eigenvalue weighted by Crippen LogP contribution is -2.33. The van der Waals surface area contributed by atoms with Crippen molar-refractivity contribution in [2.75, 3.05) is 13.1 Å². The Hall–Kier alpha value is -0.0400. The molecule has 0 aliphatic heterocycles. The normalized spacial score (nSPS) is 14.8. The minimum Gasteiger partial charge on any atom is -0.316 e. The molecule has 0 amide bonds. The molecule has 1 nitrogen and oxygen atoms in total. The van der Waals surface area contributed by atoms with Gasteiger partial charge in [-0.1, -0.05) is 41.5 Å². The Morgan fingerprint density at radius 1 is 1.14 bits per heavy atom. The Kier molecular flexibility index (Phi) is 6.43. The molecule has 0 spiro atoms. The topological polar surface area (TPSA) is 12.0 Å². The van der Waals surface area contributed by atoms with Crippen LogP contribution < -0.4 is 5.32 Å². The van der Waals surface area contributed by atoms with Gasteiger partial charge in [-0.2, -0.15) is 0 Å². The maximum absolute atomic E-state index is 3.55. The van der Waals surface area contributed by atoms with Gasteiger partial charge in [0.05, 0.1) is 0 Å². The molecule has 0 bridgehead atoms. The van der Waals surface area contributed by atoms with Crippen LogP contribution in [-0.4, -0.2) is 13.1 Å². The van der Waals surface area contributed by atoms with Gasteiger partial charge in [-0.05, 0) is 43.2 Å². The van der Waals surface area contributed by atoms with Gasteiger partial charge in [-0.3, -0.25) is 0 Å². The highest BCUT2D eigenvalue weighted by Crippen LogP contribution is 2.30. The third-order valence-corrected chi connectivity index (χ3v) is 2.80. The molecule has 0 saturated carbocycles. The first-order chi connectivity index (χ1) is 6.38. The smallest absolute Gasteiger partial charge is 0.00154 e. The number of hydrogen-bond donors (Lipinski definition) is 1. The van der Waals surface area contributed by atoms with Crippen LogP contribution in [0.3, 0.4) is 0 Å². The maximum atomic E-state index is 3.55. The van der Waals surface area contributed by atoms with Gasteiger partial charge in [-0.15, -0.1) is 0 Å². The van der Waals surface area contributed by atoms with Crippen LogP contribution in [0.25, 0.3) is 0 Å². The van der Waals surface area contributed by atoms with E-state index in [2.05, 4.69) is 46.9 Å². The van der Waals surface area contributed by atoms with Gasteiger partial charge >= 0.3 is 0 Å². The second-order valence-corrected chi connectivity index (χ2v) is 5.90. The zero-order valence-electron chi connectivity index (χ0n) is 11.0. The maximum Gasteiger partial charge on any atom is -0.00154 e. The first-order valence-electron chi connectivity index (χ1n) is 6.08. The summed E-state index contributed by atoms with van der Waals surface area (Å²) in [4.78, 5) is 0. The lowest BCUT2D eigenvalue weighted by molar-refractivity contribution is 0.198. The molecule has 14 heavy (non-hydrogen) atoms. The van der Waals surface area contributed by atoms with E-state index in [-0.39, 0.29) is 0 Å². The average Bonchev–Trinajstić information content (AvgIpc) is 2.00. The molecule has 0 fully saturated rings. The van der Waals surface area contributed by atoms with Crippen LogP contribution in [0.4, 0.5) is 0 Å². The van der Waals surface area contributed by atoms with Crippen molar-refractivity contribution >= 4 is 0 Å². The van der Waals surface area contributed by atoms with E-state index >= 15 is 0 Å². The molecule has 1 N–H and O–H groups in total. The molecule has 0 saturated heterocycles. The molecule has 0 heterocycles. The van der Waals surface area contributed by atoms with Gasteiger partial charge in [0.1, 0.15) is 0 Å². The van der Waals surface area contributed by atoms with Crippen molar-refractivity contribution in [3.05, 3.63) is 0 Å². The van der Waals surface area contributed by atoms with Crippen LogP contribution in [0.2, 0.25) is 0 Å². The first kappa shape index (κ1) is 14.0. The van der Waals surface area contributed by atoms with E-state index in [1.807, 2.05) is 0 Å². The van der Waals surface area contributed by atoms with E-state index in [0.29, 0.717) is 5.41 Å². The molecular weight excluding hydrogens is 170 g/mol. The third kappa shape index (κ3) is 6.42. The van der Waals surface area contributed by atoms with Gasteiger partial charge in [0.25, 0.3) is 0 Å². The number of hydrogen-bond acceptors (Lipinski definition) is 1. The Bertz CT molecular complexity index is 133. The fraction of sp³-hybridized carbons (Fsp3) is 1.00. The van der Waals surface area contributed by atoms with Crippen molar-refractivity contribution in [3.63, 3.8) is 0 Å². The van der Waals surface area contributed by atoms with Gasteiger partial charge in [0.15, 0.2) is 0 Å². The molecule has 1 atom stereocenters. The van der Waals surface area contributed by atoms with Gasteiger partial charge in [0.2, 0.25) is 0 Å². The summed E-state index contributed by atoms with van der Waals surface area (Å²) < 4.78 is 0. The Labute approximate surface area is 90.7 Å². The zero-order valence-corrected chi connectivity index (χ0v) is 11.0. The molecule has 0 rings (SSSR count). The van der Waals surface area contributed by atoms with E-state index in [4.69, 9.17) is 0 Å². The highest BCUT2D eigenvalue weighted by atomic mass is 14.9. The first-order valence-corrected chi connectivity index (χ1v) is 6.08. The molecule has 0 radical (unpaired) electrons. The van der Waals surface area contributed by atoms with Crippen LogP contribution in [0.5, 0.6) is 0 Å². The predicted octanol–water partition coefficient (Wildman–Crippen LogP) is 3.69. The molecule has 0 aliphatic carbocycles. The summed E-state index contributed by atoms with van der Waals surface area (Å²) >= 11 is 0. The van der Waals surface area contributed by atoms with Crippen molar-refractivity contribution < 1.29 is 0 Å². The average molecular weight is 199 g/mol. The van der Waals surface area contributed by atoms with E-state index in [9.17, 15) is 0 Å². The monoisotopic (exact) mass is 199 g/mol. The largest absolute Gasteiger partial charge is 0.316 e. The van der Waals surface area contributed by atoms with Crippen molar-refractivity contribution in [1.29, 1.82) is 0 Å². The lowest BCUT2D eigenvalue weighted by Gasteiger charge is -2.32. The van der Waals surface area contributed by atoms with Crippen molar-refractivity contribution in [2.24, 2.45) is 17.3 Å². The number of nitrogens with one attached hydrogen (secondary N) is 1. The molecule has 0 aliphatic rings. The van der Waals surface area contributed by atoms with Crippen LogP contribution in [0.15, 0.2) is 0 Å². The summed E-state index contributed by atoms with van der Waals surface area (Å²) in [6, 6.07) is 0. The second-order valence-electron chi connectivity index (χ2n) is 5.90. The summed E-state index contributed by atoms with van der Waals surface area (Å²) in [5.74, 6) is 1.61. The molecule has 0 aromatic heterocycles. The minimum atomic E-state index is 0.436. The zero-order chi connectivity index (χ0) is 11.2. The summed E-state index contributed by atoms with van der Waals surface area (Å²) in [6.07, 6.45) is 2.57. The molecule has 0 aromatic carbocycles. The Morgan fingerprint density at radius 3 is 2.07 bits per heavy atom. The summed E-state index contributed by atoms with van der Waals surface area (Å²) in [6.45, 7) is 16.3. The summed E-state index contributed by atoms with van der Waals surface area (Å²) in [7, 11) is 0. The van der Waals surface area contributed by atoms with Gasteiger partial charge in [0, 0.05) is 0 Å². The Morgan fingerprint density at radius 2 is 1.71 bits per heavy atom. The Balaban J connectivity index is 3.99.